The molecule has 0 radical (unpaired) electrons. The summed E-state index contributed by atoms with van der Waals surface area (Å²) in [5.41, 5.74) is 11.1. The van der Waals surface area contributed by atoms with Crippen LogP contribution in [0.2, 0.25) is 0 Å². The van der Waals surface area contributed by atoms with E-state index in [1.807, 2.05) is 0 Å². The van der Waals surface area contributed by atoms with E-state index in [-0.39, 0.29) is 22.2 Å². The summed E-state index contributed by atoms with van der Waals surface area (Å²) in [6, 6.07) is 18.0. The van der Waals surface area contributed by atoms with E-state index >= 15 is 0 Å². The second-order valence-electron chi connectivity index (χ2n) is 11.5. The van der Waals surface area contributed by atoms with E-state index in [0.29, 0.717) is 0 Å². The van der Waals surface area contributed by atoms with E-state index in [1.54, 1.807) is 6.07 Å². The van der Waals surface area contributed by atoms with Crippen molar-refractivity contribution in [1.29, 1.82) is 0 Å². The number of nitrogens with zero attached hydrogens (tertiary/aromatic N) is 2. The number of benzene rings is 3. The van der Waals surface area contributed by atoms with Crippen molar-refractivity contribution in [2.45, 2.75) is 132 Å². The molecule has 0 atom stereocenters. The van der Waals surface area contributed by atoms with Gasteiger partial charge in [-0.2, -0.15) is 0 Å². The van der Waals surface area contributed by atoms with Gasteiger partial charge in [-0.3, -0.25) is 9.98 Å². The molecule has 0 aliphatic rings. The average molecular weight is 656 g/mol. The molecule has 0 saturated heterocycles. The Bertz CT molecular complexity index is 1350. The van der Waals surface area contributed by atoms with Crippen molar-refractivity contribution in [1.82, 2.24) is 0 Å². The number of hydrogen-bond acceptors (Lipinski definition) is 4. The molecule has 0 spiro atoms. The van der Waals surface area contributed by atoms with Gasteiger partial charge in [0.1, 0.15) is 0 Å². The van der Waals surface area contributed by atoms with Gasteiger partial charge < -0.3 is 10.2 Å². The Kier molecular flexibility index (Phi) is 20.1. The zero-order valence-electron chi connectivity index (χ0n) is 28.9. The van der Waals surface area contributed by atoms with Gasteiger partial charge in [0.15, 0.2) is 0 Å². The van der Waals surface area contributed by atoms with Gasteiger partial charge in [0.2, 0.25) is 0 Å². The molecule has 0 fully saturated rings. The minimum atomic E-state index is -0.403. The summed E-state index contributed by atoms with van der Waals surface area (Å²) in [5.74, 6) is -0.784. The first kappa shape index (κ1) is 40.1. The minimum Gasteiger partial charge on any atom is -0.873 e. The van der Waals surface area contributed by atoms with Gasteiger partial charge in [0.05, 0.1) is 22.8 Å². The molecule has 3 aromatic rings. The van der Waals surface area contributed by atoms with Crippen molar-refractivity contribution < 1.29 is 26.7 Å². The summed E-state index contributed by atoms with van der Waals surface area (Å²) in [6.45, 7) is 15.5. The van der Waals surface area contributed by atoms with Crippen LogP contribution in [0.4, 0.5) is 11.4 Å². The van der Waals surface area contributed by atoms with E-state index in [4.69, 9.17) is 9.98 Å². The molecule has 0 aromatic heterocycles. The van der Waals surface area contributed by atoms with Crippen LogP contribution in [-0.4, -0.2) is 11.4 Å². The second kappa shape index (κ2) is 22.6. The van der Waals surface area contributed by atoms with Crippen LogP contribution in [0.15, 0.2) is 64.6 Å². The Morgan fingerprint density at radius 3 is 1.51 bits per heavy atom. The molecule has 248 valence electrons. The van der Waals surface area contributed by atoms with Crippen LogP contribution in [0.5, 0.6) is 11.5 Å². The van der Waals surface area contributed by atoms with Crippen molar-refractivity contribution in [2.24, 2.45) is 9.98 Å². The molecule has 5 heteroatoms. The van der Waals surface area contributed by atoms with Crippen molar-refractivity contribution >= 4 is 22.8 Å². The van der Waals surface area contributed by atoms with Crippen LogP contribution in [0, 0.1) is 0 Å². The largest absolute Gasteiger partial charge is 2.00 e. The maximum Gasteiger partial charge on any atom is 2.00 e. The van der Waals surface area contributed by atoms with Gasteiger partial charge in [-0.1, -0.05) is 104 Å². The third-order valence-corrected chi connectivity index (χ3v) is 8.19. The molecule has 0 saturated carbocycles. The van der Waals surface area contributed by atoms with Crippen molar-refractivity contribution in [2.75, 3.05) is 0 Å². The first-order valence-electron chi connectivity index (χ1n) is 17.2. The standard InChI is InChI=1S/C29H42N2.C11H16O2.Ni/c1-7-13-14-15-29(31-27-19-17-23(9-3)25(11-5)21-27)28(12-6)30-26-18-16-22(8-2)24(10-4)20-26;1-2-3-4-5-9-6-7-10(12)11(13)8-9;/h16-21H,7-15H2,1-6H3;6-8,12-13H,2-5H2,1H3;/q;;+2/p-2. The van der Waals surface area contributed by atoms with Crippen LogP contribution in [0.25, 0.3) is 0 Å². The predicted octanol–water partition coefficient (Wildman–Crippen LogP) is 10.3. The summed E-state index contributed by atoms with van der Waals surface area (Å²) in [6.07, 6.45) is 14.1. The molecule has 0 bridgehead atoms. The Balaban J connectivity index is 0.000000606. The summed E-state index contributed by atoms with van der Waals surface area (Å²) in [4.78, 5) is 10.2. The molecule has 0 N–H and O–H groups in total. The zero-order chi connectivity index (χ0) is 32.3. The average Bonchev–Trinajstić information content (AvgIpc) is 3.05. The van der Waals surface area contributed by atoms with Crippen LogP contribution < -0.4 is 10.2 Å². The topological polar surface area (TPSA) is 70.8 Å². The number of unbranched alkanes of at least 4 members (excludes halogenated alkanes) is 4. The van der Waals surface area contributed by atoms with Crippen LogP contribution in [0.1, 0.15) is 128 Å². The molecule has 0 aliphatic carbocycles. The molecule has 0 heterocycles. The third-order valence-electron chi connectivity index (χ3n) is 8.19. The Labute approximate surface area is 284 Å². The van der Waals surface area contributed by atoms with Crippen molar-refractivity contribution in [3.8, 4) is 11.5 Å². The van der Waals surface area contributed by atoms with Gasteiger partial charge in [-0.15, -0.1) is 11.5 Å². The first-order chi connectivity index (χ1) is 21.3. The van der Waals surface area contributed by atoms with Crippen LogP contribution in [-0.2, 0) is 48.6 Å². The molecule has 4 nitrogen and oxygen atoms in total. The number of hydrogen-bond donors (Lipinski definition) is 0. The number of aryl methyl sites for hydroxylation is 5. The fourth-order valence-electron chi connectivity index (χ4n) is 5.47. The predicted molar refractivity (Wildman–Crippen MR) is 188 cm³/mol. The molecular formula is C40H56N2NiO2. The van der Waals surface area contributed by atoms with E-state index in [9.17, 15) is 10.2 Å². The number of rotatable bonds is 16. The van der Waals surface area contributed by atoms with Gasteiger partial charge in [0, 0.05) is 0 Å². The molecule has 0 amide bonds. The van der Waals surface area contributed by atoms with Crippen LogP contribution in [0.3, 0.4) is 0 Å². The van der Waals surface area contributed by atoms with Crippen molar-refractivity contribution in [3.63, 3.8) is 0 Å². The normalized spacial score (nSPS) is 11.5. The SMILES string of the molecule is CCCCCC(=Nc1ccc(CC)c(CC)c1)C(CC)=Nc1ccc(CC)c(CC)c1.CCCCCc1ccc([O-])c([O-])c1.[Ni+2]. The fraction of sp³-hybridized carbons (Fsp3) is 0.500. The van der Waals surface area contributed by atoms with Crippen molar-refractivity contribution in [3.05, 3.63) is 82.4 Å². The quantitative estimate of drug-likeness (QED) is 0.0875. The van der Waals surface area contributed by atoms with E-state index in [0.717, 1.165) is 86.1 Å². The van der Waals surface area contributed by atoms with E-state index in [2.05, 4.69) is 84.9 Å². The van der Waals surface area contributed by atoms with E-state index < -0.39 is 5.75 Å². The summed E-state index contributed by atoms with van der Waals surface area (Å²) in [7, 11) is 0. The minimum absolute atomic E-state index is 0. The maximum absolute atomic E-state index is 11.0. The van der Waals surface area contributed by atoms with Crippen LogP contribution >= 0.6 is 0 Å². The molecule has 3 aromatic carbocycles. The monoisotopic (exact) mass is 654 g/mol. The summed E-state index contributed by atoms with van der Waals surface area (Å²) in [5, 5.41) is 21.7. The van der Waals surface area contributed by atoms with Gasteiger partial charge in [0.25, 0.3) is 0 Å². The fourth-order valence-corrected chi connectivity index (χ4v) is 5.47. The third kappa shape index (κ3) is 13.5. The maximum atomic E-state index is 11.0. The summed E-state index contributed by atoms with van der Waals surface area (Å²) >= 11 is 0. The molecule has 3 rings (SSSR count). The Morgan fingerprint density at radius 2 is 1.04 bits per heavy atom. The molecule has 0 aliphatic heterocycles. The van der Waals surface area contributed by atoms with E-state index in [1.165, 1.54) is 60.1 Å². The zero-order valence-corrected chi connectivity index (χ0v) is 29.9. The first-order valence-corrected chi connectivity index (χ1v) is 17.2. The van der Waals surface area contributed by atoms with Gasteiger partial charge in [-0.05, 0) is 110 Å². The second-order valence-corrected chi connectivity index (χ2v) is 11.5. The summed E-state index contributed by atoms with van der Waals surface area (Å²) < 4.78 is 0. The van der Waals surface area contributed by atoms with Gasteiger partial charge >= 0.3 is 16.5 Å². The van der Waals surface area contributed by atoms with Gasteiger partial charge in [-0.25, -0.2) is 0 Å². The Morgan fingerprint density at radius 1 is 0.533 bits per heavy atom. The Hall–Kier alpha value is -2.91. The molecule has 45 heavy (non-hydrogen) atoms. The molecule has 0 unspecified atom stereocenters. The number of aliphatic imine (C=N–C) groups is 2. The smallest absolute Gasteiger partial charge is 0.873 e. The molecular weight excluding hydrogens is 599 g/mol.